The predicted molar refractivity (Wildman–Crippen MR) is 75.4 cm³/mol. The third kappa shape index (κ3) is 2.49. The summed E-state index contributed by atoms with van der Waals surface area (Å²) in [5.74, 6) is 0.823. The average molecular weight is 262 g/mol. The van der Waals surface area contributed by atoms with E-state index in [1.807, 2.05) is 0 Å². The predicted octanol–water partition coefficient (Wildman–Crippen LogP) is 3.43. The summed E-state index contributed by atoms with van der Waals surface area (Å²) in [7, 11) is 0. The Morgan fingerprint density at radius 1 is 1.44 bits per heavy atom. The van der Waals surface area contributed by atoms with E-state index in [-0.39, 0.29) is 0 Å². The summed E-state index contributed by atoms with van der Waals surface area (Å²) in [5.41, 5.74) is 3.53. The first kappa shape index (κ1) is 11.9. The number of H-pyrrole nitrogens is 1. The highest BCUT2D eigenvalue weighted by Gasteiger charge is 2.20. The van der Waals surface area contributed by atoms with Crippen LogP contribution in [0.5, 0.6) is 0 Å². The number of aromatic amines is 1. The molecular formula is C14H18N2OS. The number of fused-ring (bicyclic) bond motifs is 1. The van der Waals surface area contributed by atoms with E-state index in [4.69, 9.17) is 17.0 Å². The molecule has 1 saturated carbocycles. The molecule has 3 rings (SSSR count). The number of nitrogens with zero attached hydrogens (tertiary/aromatic N) is 1. The fraction of sp³-hybridized carbons (Fsp3) is 0.500. The van der Waals surface area contributed by atoms with Crippen molar-refractivity contribution < 1.29 is 4.74 Å². The average Bonchev–Trinajstić information content (AvgIpc) is 3.10. The lowest BCUT2D eigenvalue weighted by atomic mass is 10.2. The Morgan fingerprint density at radius 2 is 2.28 bits per heavy atom. The second kappa shape index (κ2) is 4.86. The van der Waals surface area contributed by atoms with Gasteiger partial charge in [-0.1, -0.05) is 6.07 Å². The second-order valence-electron chi connectivity index (χ2n) is 5.12. The van der Waals surface area contributed by atoms with E-state index in [1.54, 1.807) is 0 Å². The summed E-state index contributed by atoms with van der Waals surface area (Å²) in [4.78, 5) is 3.25. The monoisotopic (exact) mass is 262 g/mol. The van der Waals surface area contributed by atoms with Crippen molar-refractivity contribution in [1.82, 2.24) is 9.55 Å². The Kier molecular flexibility index (Phi) is 3.22. The van der Waals surface area contributed by atoms with Crippen molar-refractivity contribution in [3.05, 3.63) is 28.5 Å². The van der Waals surface area contributed by atoms with Crippen LogP contribution in [0.1, 0.15) is 18.4 Å². The largest absolute Gasteiger partial charge is 0.379 e. The molecule has 0 saturated heterocycles. The summed E-state index contributed by atoms with van der Waals surface area (Å²) in [6.07, 6.45) is 2.68. The normalized spacial score (nSPS) is 15.4. The fourth-order valence-electron chi connectivity index (χ4n) is 2.19. The van der Waals surface area contributed by atoms with Crippen LogP contribution in [-0.2, 0) is 11.3 Å². The van der Waals surface area contributed by atoms with Gasteiger partial charge in [-0.15, -0.1) is 0 Å². The number of nitrogens with one attached hydrogen (secondary N) is 1. The molecule has 0 bridgehead atoms. The molecule has 1 aromatic heterocycles. The summed E-state index contributed by atoms with van der Waals surface area (Å²) in [6.45, 7) is 4.57. The van der Waals surface area contributed by atoms with Crippen LogP contribution in [0.25, 0.3) is 11.0 Å². The lowest BCUT2D eigenvalue weighted by molar-refractivity contribution is 0.117. The number of hydrogen-bond donors (Lipinski definition) is 1. The van der Waals surface area contributed by atoms with Crippen molar-refractivity contribution in [2.45, 2.75) is 26.3 Å². The standard InChI is InChI=1S/C14H18N2OS/c1-10-2-5-13-12(8-10)15-14(18)16(13)6-7-17-9-11-3-4-11/h2,5,8,11H,3-4,6-7,9H2,1H3,(H,15,18). The maximum atomic E-state index is 5.68. The van der Waals surface area contributed by atoms with Crippen molar-refractivity contribution in [3.63, 3.8) is 0 Å². The molecular weight excluding hydrogens is 244 g/mol. The van der Waals surface area contributed by atoms with Crippen LogP contribution in [0.4, 0.5) is 0 Å². The minimum atomic E-state index is 0.742. The van der Waals surface area contributed by atoms with Crippen LogP contribution >= 0.6 is 12.2 Å². The van der Waals surface area contributed by atoms with Crippen LogP contribution in [0.3, 0.4) is 0 Å². The van der Waals surface area contributed by atoms with Crippen molar-refractivity contribution in [1.29, 1.82) is 0 Å². The zero-order chi connectivity index (χ0) is 12.5. The smallest absolute Gasteiger partial charge is 0.178 e. The van der Waals surface area contributed by atoms with E-state index in [1.165, 1.54) is 23.9 Å². The first-order chi connectivity index (χ1) is 8.74. The lowest BCUT2D eigenvalue weighted by Crippen LogP contribution is -2.07. The minimum Gasteiger partial charge on any atom is -0.379 e. The summed E-state index contributed by atoms with van der Waals surface area (Å²) >= 11 is 5.36. The summed E-state index contributed by atoms with van der Waals surface area (Å²) in [5, 5.41) is 0. The maximum absolute atomic E-state index is 5.68. The minimum absolute atomic E-state index is 0.742. The van der Waals surface area contributed by atoms with Crippen LogP contribution in [-0.4, -0.2) is 22.8 Å². The quantitative estimate of drug-likeness (QED) is 0.661. The molecule has 0 spiro atoms. The van der Waals surface area contributed by atoms with Crippen molar-refractivity contribution >= 4 is 23.3 Å². The fourth-order valence-corrected chi connectivity index (χ4v) is 2.49. The molecule has 0 unspecified atom stereocenters. The molecule has 4 heteroatoms. The highest BCUT2D eigenvalue weighted by atomic mass is 32.1. The van der Waals surface area contributed by atoms with Crippen molar-refractivity contribution in [3.8, 4) is 0 Å². The molecule has 0 aliphatic heterocycles. The Morgan fingerprint density at radius 3 is 3.06 bits per heavy atom. The first-order valence-corrected chi connectivity index (χ1v) is 6.92. The number of hydrogen-bond acceptors (Lipinski definition) is 2. The van der Waals surface area contributed by atoms with Crippen molar-refractivity contribution in [2.24, 2.45) is 5.92 Å². The molecule has 2 aromatic rings. The molecule has 1 N–H and O–H groups in total. The number of aromatic nitrogens is 2. The summed E-state index contributed by atoms with van der Waals surface area (Å²) in [6, 6.07) is 6.37. The van der Waals surface area contributed by atoms with E-state index in [0.29, 0.717) is 0 Å². The van der Waals surface area contributed by atoms with E-state index in [9.17, 15) is 0 Å². The molecule has 1 aromatic carbocycles. The van der Waals surface area contributed by atoms with Gasteiger partial charge in [0.2, 0.25) is 0 Å². The van der Waals surface area contributed by atoms with E-state index in [2.05, 4.69) is 34.7 Å². The zero-order valence-electron chi connectivity index (χ0n) is 10.6. The molecule has 0 atom stereocenters. The highest BCUT2D eigenvalue weighted by Crippen LogP contribution is 2.28. The Balaban J connectivity index is 1.73. The van der Waals surface area contributed by atoms with Gasteiger partial charge < -0.3 is 14.3 Å². The second-order valence-corrected chi connectivity index (χ2v) is 5.51. The van der Waals surface area contributed by atoms with E-state index in [0.717, 1.165) is 36.0 Å². The highest BCUT2D eigenvalue weighted by molar-refractivity contribution is 7.71. The molecule has 3 nitrogen and oxygen atoms in total. The molecule has 1 aliphatic rings. The number of imidazole rings is 1. The molecule has 1 fully saturated rings. The number of aryl methyl sites for hydroxylation is 1. The van der Waals surface area contributed by atoms with Gasteiger partial charge in [0.15, 0.2) is 4.77 Å². The molecule has 0 radical (unpaired) electrons. The van der Waals surface area contributed by atoms with Gasteiger partial charge in [-0.25, -0.2) is 0 Å². The van der Waals surface area contributed by atoms with Crippen LogP contribution < -0.4 is 0 Å². The Bertz CT molecular complexity index is 610. The molecule has 0 amide bonds. The van der Waals surface area contributed by atoms with Gasteiger partial charge >= 0.3 is 0 Å². The zero-order valence-corrected chi connectivity index (χ0v) is 11.4. The van der Waals surface area contributed by atoms with Gasteiger partial charge in [-0.2, -0.15) is 0 Å². The first-order valence-electron chi connectivity index (χ1n) is 6.51. The Labute approximate surface area is 112 Å². The number of benzene rings is 1. The topological polar surface area (TPSA) is 29.9 Å². The van der Waals surface area contributed by atoms with Gasteiger partial charge in [-0.3, -0.25) is 0 Å². The number of ether oxygens (including phenoxy) is 1. The van der Waals surface area contributed by atoms with Gasteiger partial charge in [-0.05, 0) is 55.6 Å². The molecule has 96 valence electrons. The van der Waals surface area contributed by atoms with Crippen molar-refractivity contribution in [2.75, 3.05) is 13.2 Å². The molecule has 18 heavy (non-hydrogen) atoms. The van der Waals surface area contributed by atoms with Gasteiger partial charge in [0.25, 0.3) is 0 Å². The van der Waals surface area contributed by atoms with Crippen LogP contribution in [0.15, 0.2) is 18.2 Å². The maximum Gasteiger partial charge on any atom is 0.178 e. The SMILES string of the molecule is Cc1ccc2c(c1)[nH]c(=S)n2CCOCC1CC1. The lowest BCUT2D eigenvalue weighted by Gasteiger charge is -2.05. The Hall–Kier alpha value is -1.13. The van der Waals surface area contributed by atoms with E-state index < -0.39 is 0 Å². The van der Waals surface area contributed by atoms with Crippen LogP contribution in [0.2, 0.25) is 0 Å². The third-order valence-corrected chi connectivity index (χ3v) is 3.76. The molecule has 1 aliphatic carbocycles. The summed E-state index contributed by atoms with van der Waals surface area (Å²) < 4.78 is 8.58. The van der Waals surface area contributed by atoms with Gasteiger partial charge in [0.1, 0.15) is 0 Å². The molecule has 1 heterocycles. The van der Waals surface area contributed by atoms with Crippen LogP contribution in [0, 0.1) is 17.6 Å². The van der Waals surface area contributed by atoms with E-state index >= 15 is 0 Å². The third-order valence-electron chi connectivity index (χ3n) is 3.44. The van der Waals surface area contributed by atoms with Gasteiger partial charge in [0, 0.05) is 13.2 Å². The number of rotatable bonds is 5. The van der Waals surface area contributed by atoms with Gasteiger partial charge in [0.05, 0.1) is 17.6 Å².